The highest BCUT2D eigenvalue weighted by atomic mass is 16.7. The standard InChI is InChI=1S/C11H18N2O3/c12-10(14)6-16-13-11(15)5-9-4-7-1-2-8(9)3-7/h7-9H,1-6H2,(H2,12,14)(H,13,15). The van der Waals surface area contributed by atoms with E-state index in [1.54, 1.807) is 0 Å². The van der Waals surface area contributed by atoms with Crippen LogP contribution >= 0.6 is 0 Å². The number of carbonyl (C=O) groups excluding carboxylic acids is 2. The lowest BCUT2D eigenvalue weighted by Crippen LogP contribution is -2.31. The SMILES string of the molecule is NC(=O)CONC(=O)CC1CC2CCC1C2. The Kier molecular flexibility index (Phi) is 3.43. The molecule has 2 aliphatic carbocycles. The number of nitrogens with one attached hydrogen (secondary N) is 1. The van der Waals surface area contributed by atoms with Crippen molar-refractivity contribution < 1.29 is 14.4 Å². The van der Waals surface area contributed by atoms with Crippen LogP contribution in [0, 0.1) is 17.8 Å². The van der Waals surface area contributed by atoms with Crippen LogP contribution in [0.1, 0.15) is 32.1 Å². The van der Waals surface area contributed by atoms with Gasteiger partial charge in [0.15, 0.2) is 6.61 Å². The third-order valence-corrected chi connectivity index (χ3v) is 3.73. The van der Waals surface area contributed by atoms with E-state index >= 15 is 0 Å². The summed E-state index contributed by atoms with van der Waals surface area (Å²) in [5.74, 6) is 1.36. The van der Waals surface area contributed by atoms with Gasteiger partial charge >= 0.3 is 0 Å². The number of primary amides is 1. The highest BCUT2D eigenvalue weighted by Gasteiger charge is 2.40. The molecular formula is C11H18N2O3. The Labute approximate surface area is 94.7 Å². The van der Waals surface area contributed by atoms with E-state index in [4.69, 9.17) is 5.73 Å². The number of amides is 2. The first-order valence-corrected chi connectivity index (χ1v) is 5.84. The lowest BCUT2D eigenvalue weighted by Gasteiger charge is -2.20. The predicted octanol–water partition coefficient (Wildman–Crippen LogP) is 0.346. The summed E-state index contributed by atoms with van der Waals surface area (Å²) in [5.41, 5.74) is 7.14. The Morgan fingerprint density at radius 2 is 2.12 bits per heavy atom. The summed E-state index contributed by atoms with van der Waals surface area (Å²) in [7, 11) is 0. The quantitative estimate of drug-likeness (QED) is 0.663. The van der Waals surface area contributed by atoms with Crippen LogP contribution in [-0.2, 0) is 14.4 Å². The normalized spacial score (nSPS) is 31.6. The summed E-state index contributed by atoms with van der Waals surface area (Å²) in [5, 5.41) is 0. The largest absolute Gasteiger partial charge is 0.368 e. The Balaban J connectivity index is 1.66. The molecule has 2 amide bonds. The van der Waals surface area contributed by atoms with Gasteiger partial charge in [0.1, 0.15) is 0 Å². The zero-order valence-corrected chi connectivity index (χ0v) is 9.28. The minimum Gasteiger partial charge on any atom is -0.368 e. The zero-order chi connectivity index (χ0) is 11.5. The molecule has 2 bridgehead atoms. The van der Waals surface area contributed by atoms with Crippen LogP contribution in [0.5, 0.6) is 0 Å². The molecule has 0 radical (unpaired) electrons. The molecule has 0 heterocycles. The van der Waals surface area contributed by atoms with Gasteiger partial charge in [-0.15, -0.1) is 0 Å². The van der Waals surface area contributed by atoms with Gasteiger partial charge in [0, 0.05) is 6.42 Å². The van der Waals surface area contributed by atoms with Crippen molar-refractivity contribution in [3.63, 3.8) is 0 Å². The van der Waals surface area contributed by atoms with E-state index in [-0.39, 0.29) is 12.5 Å². The summed E-state index contributed by atoms with van der Waals surface area (Å²) >= 11 is 0. The lowest BCUT2D eigenvalue weighted by atomic mass is 9.86. The second kappa shape index (κ2) is 4.82. The van der Waals surface area contributed by atoms with Crippen LogP contribution in [0.2, 0.25) is 0 Å². The van der Waals surface area contributed by atoms with Crippen LogP contribution in [-0.4, -0.2) is 18.4 Å². The summed E-state index contributed by atoms with van der Waals surface area (Å²) in [6, 6.07) is 0. The fraction of sp³-hybridized carbons (Fsp3) is 0.818. The maximum atomic E-state index is 11.5. The van der Waals surface area contributed by atoms with E-state index in [0.29, 0.717) is 12.3 Å². The van der Waals surface area contributed by atoms with Gasteiger partial charge < -0.3 is 5.73 Å². The fourth-order valence-corrected chi connectivity index (χ4v) is 3.09. The first-order valence-electron chi connectivity index (χ1n) is 5.84. The first-order chi connectivity index (χ1) is 7.65. The minimum absolute atomic E-state index is 0.140. The van der Waals surface area contributed by atoms with E-state index in [0.717, 1.165) is 11.8 Å². The maximum Gasteiger partial charge on any atom is 0.246 e. The molecule has 5 nitrogen and oxygen atoms in total. The lowest BCUT2D eigenvalue weighted by molar-refractivity contribution is -0.138. The van der Waals surface area contributed by atoms with Crippen molar-refractivity contribution >= 4 is 11.8 Å². The molecule has 5 heteroatoms. The van der Waals surface area contributed by atoms with Gasteiger partial charge in [-0.05, 0) is 37.0 Å². The molecule has 3 atom stereocenters. The highest BCUT2D eigenvalue weighted by Crippen LogP contribution is 2.49. The zero-order valence-electron chi connectivity index (χ0n) is 9.28. The average molecular weight is 226 g/mol. The maximum absolute atomic E-state index is 11.5. The molecule has 16 heavy (non-hydrogen) atoms. The molecule has 3 N–H and O–H groups in total. The van der Waals surface area contributed by atoms with Crippen molar-refractivity contribution in [3.05, 3.63) is 0 Å². The van der Waals surface area contributed by atoms with Crippen LogP contribution in [0.4, 0.5) is 0 Å². The van der Waals surface area contributed by atoms with Crippen molar-refractivity contribution in [1.82, 2.24) is 5.48 Å². The molecule has 90 valence electrons. The molecule has 0 spiro atoms. The van der Waals surface area contributed by atoms with Crippen molar-refractivity contribution in [3.8, 4) is 0 Å². The summed E-state index contributed by atoms with van der Waals surface area (Å²) in [6.07, 6.45) is 5.58. The number of rotatable bonds is 5. The molecule has 0 aliphatic heterocycles. The highest BCUT2D eigenvalue weighted by molar-refractivity contribution is 5.77. The van der Waals surface area contributed by atoms with Gasteiger partial charge in [0.2, 0.25) is 11.8 Å². The van der Waals surface area contributed by atoms with Crippen molar-refractivity contribution in [2.75, 3.05) is 6.61 Å². The van der Waals surface area contributed by atoms with E-state index < -0.39 is 5.91 Å². The molecule has 0 saturated heterocycles. The number of hydroxylamine groups is 1. The second-order valence-electron chi connectivity index (χ2n) is 4.92. The Morgan fingerprint density at radius 3 is 2.69 bits per heavy atom. The van der Waals surface area contributed by atoms with E-state index in [2.05, 4.69) is 10.3 Å². The summed E-state index contributed by atoms with van der Waals surface area (Å²) in [6.45, 7) is -0.261. The Hall–Kier alpha value is -1.10. The summed E-state index contributed by atoms with van der Waals surface area (Å²) < 4.78 is 0. The van der Waals surface area contributed by atoms with Crippen molar-refractivity contribution in [1.29, 1.82) is 0 Å². The van der Waals surface area contributed by atoms with Gasteiger partial charge in [0.25, 0.3) is 0 Å². The third kappa shape index (κ3) is 2.72. The van der Waals surface area contributed by atoms with Crippen LogP contribution < -0.4 is 11.2 Å². The minimum atomic E-state index is -0.583. The van der Waals surface area contributed by atoms with Crippen LogP contribution in [0.3, 0.4) is 0 Å². The number of fused-ring (bicyclic) bond motifs is 2. The smallest absolute Gasteiger partial charge is 0.246 e. The van der Waals surface area contributed by atoms with Crippen molar-refractivity contribution in [2.24, 2.45) is 23.5 Å². The molecule has 2 rings (SSSR count). The van der Waals surface area contributed by atoms with E-state index in [1.807, 2.05) is 0 Å². The monoisotopic (exact) mass is 226 g/mol. The number of nitrogens with two attached hydrogens (primary N) is 1. The molecule has 2 fully saturated rings. The molecule has 0 aromatic heterocycles. The van der Waals surface area contributed by atoms with Gasteiger partial charge in [-0.3, -0.25) is 14.4 Å². The van der Waals surface area contributed by atoms with Gasteiger partial charge in [-0.25, -0.2) is 5.48 Å². The van der Waals surface area contributed by atoms with Crippen LogP contribution in [0.25, 0.3) is 0 Å². The number of carbonyl (C=O) groups is 2. The van der Waals surface area contributed by atoms with E-state index in [9.17, 15) is 9.59 Å². The van der Waals surface area contributed by atoms with Crippen molar-refractivity contribution in [2.45, 2.75) is 32.1 Å². The topological polar surface area (TPSA) is 81.4 Å². The van der Waals surface area contributed by atoms with Crippen LogP contribution in [0.15, 0.2) is 0 Å². The third-order valence-electron chi connectivity index (χ3n) is 3.73. The van der Waals surface area contributed by atoms with Gasteiger partial charge in [-0.1, -0.05) is 6.42 Å². The summed E-state index contributed by atoms with van der Waals surface area (Å²) in [4.78, 5) is 26.5. The average Bonchev–Trinajstić information content (AvgIpc) is 2.78. The molecule has 0 aromatic rings. The Bertz CT molecular complexity index is 293. The predicted molar refractivity (Wildman–Crippen MR) is 56.8 cm³/mol. The second-order valence-corrected chi connectivity index (χ2v) is 4.92. The molecule has 3 unspecified atom stereocenters. The van der Waals surface area contributed by atoms with E-state index in [1.165, 1.54) is 25.7 Å². The fourth-order valence-electron chi connectivity index (χ4n) is 3.09. The molecule has 0 aromatic carbocycles. The molecule has 2 saturated carbocycles. The Morgan fingerprint density at radius 1 is 1.31 bits per heavy atom. The molecular weight excluding hydrogens is 208 g/mol. The van der Waals surface area contributed by atoms with Gasteiger partial charge in [0.05, 0.1) is 0 Å². The number of hydrogen-bond donors (Lipinski definition) is 2. The molecule has 2 aliphatic rings. The number of hydrogen-bond acceptors (Lipinski definition) is 3. The first kappa shape index (κ1) is 11.4. The van der Waals surface area contributed by atoms with Gasteiger partial charge in [-0.2, -0.15) is 0 Å².